The third-order valence-corrected chi connectivity index (χ3v) is 4.18. The van der Waals surface area contributed by atoms with E-state index in [1.54, 1.807) is 0 Å². The maximum absolute atomic E-state index is 11.3. The van der Waals surface area contributed by atoms with Crippen LogP contribution in [-0.2, 0) is 9.84 Å². The van der Waals surface area contributed by atoms with E-state index in [4.69, 9.17) is 0 Å². The minimum atomic E-state index is -2.82. The van der Waals surface area contributed by atoms with Crippen LogP contribution in [0.1, 0.15) is 26.7 Å². The van der Waals surface area contributed by atoms with E-state index in [0.717, 1.165) is 25.5 Å². The fourth-order valence-electron chi connectivity index (χ4n) is 1.65. The van der Waals surface area contributed by atoms with E-state index >= 15 is 0 Å². The van der Waals surface area contributed by atoms with E-state index in [2.05, 4.69) is 22.5 Å². The Hall–Kier alpha value is -0.780. The van der Waals surface area contributed by atoms with Gasteiger partial charge in [-0.05, 0) is 19.8 Å². The molecular formula is C10H21N3O2S. The number of rotatable bonds is 4. The zero-order valence-corrected chi connectivity index (χ0v) is 10.8. The molecule has 1 heterocycles. The van der Waals surface area contributed by atoms with Gasteiger partial charge in [0.1, 0.15) is 0 Å². The molecule has 94 valence electrons. The summed E-state index contributed by atoms with van der Waals surface area (Å²) in [5.41, 5.74) is 0. The average Bonchev–Trinajstić information content (AvgIpc) is 2.55. The second-order valence-electron chi connectivity index (χ2n) is 4.00. The van der Waals surface area contributed by atoms with E-state index in [-0.39, 0.29) is 17.5 Å². The Kier molecular flexibility index (Phi) is 5.05. The largest absolute Gasteiger partial charge is 0.357 e. The number of sulfone groups is 1. The first-order valence-corrected chi connectivity index (χ1v) is 7.64. The lowest BCUT2D eigenvalue weighted by Gasteiger charge is -2.15. The lowest BCUT2D eigenvalue weighted by Crippen LogP contribution is -2.44. The van der Waals surface area contributed by atoms with Crippen LogP contribution in [0.15, 0.2) is 4.99 Å². The van der Waals surface area contributed by atoms with Gasteiger partial charge in [0.15, 0.2) is 15.8 Å². The highest BCUT2D eigenvalue weighted by Crippen LogP contribution is 2.10. The molecule has 6 heteroatoms. The van der Waals surface area contributed by atoms with Crippen molar-refractivity contribution in [2.45, 2.75) is 32.7 Å². The zero-order chi connectivity index (χ0) is 12.0. The van der Waals surface area contributed by atoms with Gasteiger partial charge in [0, 0.05) is 19.1 Å². The van der Waals surface area contributed by atoms with Gasteiger partial charge in [-0.2, -0.15) is 0 Å². The summed E-state index contributed by atoms with van der Waals surface area (Å²) in [7, 11) is -2.82. The molecule has 1 saturated heterocycles. The number of aliphatic imine (C=N–C) groups is 1. The monoisotopic (exact) mass is 247 g/mol. The maximum Gasteiger partial charge on any atom is 0.191 e. The number of hydrogen-bond donors (Lipinski definition) is 2. The number of nitrogens with zero attached hydrogens (tertiary/aromatic N) is 1. The smallest absolute Gasteiger partial charge is 0.191 e. The molecule has 0 aromatic carbocycles. The molecule has 1 atom stereocenters. The van der Waals surface area contributed by atoms with Crippen molar-refractivity contribution in [2.24, 2.45) is 4.99 Å². The molecule has 0 bridgehead atoms. The SMILES string of the molecule is CCCN=C(NCC)NC1CCS(=O)(=O)C1. The first-order valence-electron chi connectivity index (χ1n) is 5.82. The van der Waals surface area contributed by atoms with Crippen LogP contribution >= 0.6 is 0 Å². The van der Waals surface area contributed by atoms with Crippen molar-refractivity contribution in [1.29, 1.82) is 0 Å². The molecular weight excluding hydrogens is 226 g/mol. The summed E-state index contributed by atoms with van der Waals surface area (Å²) in [5.74, 6) is 1.24. The molecule has 1 unspecified atom stereocenters. The van der Waals surface area contributed by atoms with Crippen molar-refractivity contribution in [1.82, 2.24) is 10.6 Å². The molecule has 1 aliphatic heterocycles. The Morgan fingerprint density at radius 1 is 1.44 bits per heavy atom. The molecule has 0 radical (unpaired) electrons. The number of nitrogens with one attached hydrogen (secondary N) is 2. The van der Waals surface area contributed by atoms with Crippen molar-refractivity contribution in [3.05, 3.63) is 0 Å². The first kappa shape index (κ1) is 13.3. The van der Waals surface area contributed by atoms with Crippen LogP contribution < -0.4 is 10.6 Å². The molecule has 1 aliphatic rings. The topological polar surface area (TPSA) is 70.6 Å². The van der Waals surface area contributed by atoms with Crippen LogP contribution in [0.5, 0.6) is 0 Å². The minimum absolute atomic E-state index is 0.0136. The van der Waals surface area contributed by atoms with E-state index in [1.165, 1.54) is 0 Å². The van der Waals surface area contributed by atoms with E-state index in [0.29, 0.717) is 6.42 Å². The summed E-state index contributed by atoms with van der Waals surface area (Å²) < 4.78 is 22.6. The molecule has 0 amide bonds. The minimum Gasteiger partial charge on any atom is -0.357 e. The quantitative estimate of drug-likeness (QED) is 0.547. The second-order valence-corrected chi connectivity index (χ2v) is 6.23. The fraction of sp³-hybridized carbons (Fsp3) is 0.900. The summed E-state index contributed by atoms with van der Waals surface area (Å²) in [5, 5.41) is 6.28. The summed E-state index contributed by atoms with van der Waals surface area (Å²) in [6.45, 7) is 5.60. The van der Waals surface area contributed by atoms with Gasteiger partial charge in [0.25, 0.3) is 0 Å². The van der Waals surface area contributed by atoms with Gasteiger partial charge in [-0.15, -0.1) is 0 Å². The summed E-state index contributed by atoms with van der Waals surface area (Å²) in [6, 6.07) is 0.0136. The van der Waals surface area contributed by atoms with Crippen LogP contribution in [-0.4, -0.2) is 45.0 Å². The lowest BCUT2D eigenvalue weighted by atomic mass is 10.3. The third kappa shape index (κ3) is 4.38. The van der Waals surface area contributed by atoms with Crippen LogP contribution in [0.3, 0.4) is 0 Å². The Morgan fingerprint density at radius 2 is 2.19 bits per heavy atom. The van der Waals surface area contributed by atoms with Crippen LogP contribution in [0, 0.1) is 0 Å². The van der Waals surface area contributed by atoms with Crippen molar-refractivity contribution in [3.63, 3.8) is 0 Å². The van der Waals surface area contributed by atoms with Gasteiger partial charge >= 0.3 is 0 Å². The second kappa shape index (κ2) is 6.08. The number of hydrogen-bond acceptors (Lipinski definition) is 3. The molecule has 0 aromatic rings. The van der Waals surface area contributed by atoms with Crippen molar-refractivity contribution >= 4 is 15.8 Å². The van der Waals surface area contributed by atoms with Gasteiger partial charge < -0.3 is 10.6 Å². The van der Waals surface area contributed by atoms with E-state index < -0.39 is 9.84 Å². The van der Waals surface area contributed by atoms with Crippen LogP contribution in [0.2, 0.25) is 0 Å². The van der Waals surface area contributed by atoms with Gasteiger partial charge in [-0.1, -0.05) is 6.92 Å². The van der Waals surface area contributed by atoms with Gasteiger partial charge in [-0.3, -0.25) is 4.99 Å². The molecule has 2 N–H and O–H groups in total. The number of guanidine groups is 1. The molecule has 0 aliphatic carbocycles. The maximum atomic E-state index is 11.3. The fourth-order valence-corrected chi connectivity index (χ4v) is 3.32. The summed E-state index contributed by atoms with van der Waals surface area (Å²) in [6.07, 6.45) is 1.67. The van der Waals surface area contributed by atoms with Crippen LogP contribution in [0.25, 0.3) is 0 Å². The van der Waals surface area contributed by atoms with Gasteiger partial charge in [0.05, 0.1) is 11.5 Å². The molecule has 1 rings (SSSR count). The van der Waals surface area contributed by atoms with Crippen molar-refractivity contribution in [2.75, 3.05) is 24.6 Å². The van der Waals surface area contributed by atoms with E-state index in [1.807, 2.05) is 6.92 Å². The standard InChI is InChI=1S/C10H21N3O2S/c1-3-6-12-10(11-4-2)13-9-5-7-16(14,15)8-9/h9H,3-8H2,1-2H3,(H2,11,12,13). The Labute approximate surface area is 97.6 Å². The normalized spacial score (nSPS) is 24.4. The molecule has 0 spiro atoms. The highest BCUT2D eigenvalue weighted by Gasteiger charge is 2.28. The lowest BCUT2D eigenvalue weighted by molar-refractivity contribution is 0.599. The van der Waals surface area contributed by atoms with Crippen molar-refractivity contribution in [3.8, 4) is 0 Å². The Bertz CT molecular complexity index is 338. The molecule has 5 nitrogen and oxygen atoms in total. The molecule has 16 heavy (non-hydrogen) atoms. The zero-order valence-electron chi connectivity index (χ0n) is 9.99. The van der Waals surface area contributed by atoms with E-state index in [9.17, 15) is 8.42 Å². The summed E-state index contributed by atoms with van der Waals surface area (Å²) in [4.78, 5) is 4.34. The predicted molar refractivity (Wildman–Crippen MR) is 66.5 cm³/mol. The average molecular weight is 247 g/mol. The van der Waals surface area contributed by atoms with Gasteiger partial charge in [0.2, 0.25) is 0 Å². The third-order valence-electron chi connectivity index (χ3n) is 2.41. The first-order chi connectivity index (χ1) is 7.57. The predicted octanol–water partition coefficient (Wildman–Crippen LogP) is 0.139. The van der Waals surface area contributed by atoms with Gasteiger partial charge in [-0.25, -0.2) is 8.42 Å². The molecule has 0 aromatic heterocycles. The molecule has 0 saturated carbocycles. The summed E-state index contributed by atoms with van der Waals surface area (Å²) >= 11 is 0. The highest BCUT2D eigenvalue weighted by molar-refractivity contribution is 7.91. The molecule has 1 fully saturated rings. The Balaban J connectivity index is 2.49. The van der Waals surface area contributed by atoms with Crippen LogP contribution in [0.4, 0.5) is 0 Å². The highest BCUT2D eigenvalue weighted by atomic mass is 32.2. The Morgan fingerprint density at radius 3 is 2.69 bits per heavy atom. The van der Waals surface area contributed by atoms with Crippen molar-refractivity contribution < 1.29 is 8.42 Å².